The summed E-state index contributed by atoms with van der Waals surface area (Å²) in [4.78, 5) is 29.1. The number of Topliss-reactive ketones (excluding diaryl/α,β-unsaturated/α-hetero) is 1. The molecule has 0 saturated carbocycles. The van der Waals surface area contributed by atoms with Crippen molar-refractivity contribution in [1.82, 2.24) is 4.98 Å². The van der Waals surface area contributed by atoms with E-state index < -0.39 is 5.97 Å². The van der Waals surface area contributed by atoms with E-state index in [0.29, 0.717) is 10.6 Å². The standard InChI is InChI=1S/C16H10ClNO3S2/c17-11-5-3-10(4-6-11)13(19)8-21-16(20)12-9-23-15(18-12)14-2-1-7-22-14/h1-7,9H,8H2. The lowest BCUT2D eigenvalue weighted by Gasteiger charge is -2.02. The lowest BCUT2D eigenvalue weighted by molar-refractivity contribution is 0.0470. The van der Waals surface area contributed by atoms with Gasteiger partial charge in [0.05, 0.1) is 4.88 Å². The molecule has 23 heavy (non-hydrogen) atoms. The Morgan fingerprint density at radius 3 is 2.61 bits per heavy atom. The Labute approximate surface area is 145 Å². The highest BCUT2D eigenvalue weighted by Gasteiger charge is 2.16. The van der Waals surface area contributed by atoms with Crippen LogP contribution in [0.2, 0.25) is 5.02 Å². The van der Waals surface area contributed by atoms with Crippen LogP contribution in [0.25, 0.3) is 9.88 Å². The fraction of sp³-hybridized carbons (Fsp3) is 0.0625. The van der Waals surface area contributed by atoms with Crippen molar-refractivity contribution in [3.63, 3.8) is 0 Å². The van der Waals surface area contributed by atoms with Crippen LogP contribution in [0.1, 0.15) is 20.8 Å². The third-order valence-electron chi connectivity index (χ3n) is 2.95. The van der Waals surface area contributed by atoms with Crippen molar-refractivity contribution < 1.29 is 14.3 Å². The predicted molar refractivity (Wildman–Crippen MR) is 91.5 cm³/mol. The van der Waals surface area contributed by atoms with Crippen LogP contribution >= 0.6 is 34.3 Å². The summed E-state index contributed by atoms with van der Waals surface area (Å²) in [7, 11) is 0. The Morgan fingerprint density at radius 2 is 1.91 bits per heavy atom. The van der Waals surface area contributed by atoms with E-state index >= 15 is 0 Å². The van der Waals surface area contributed by atoms with Gasteiger partial charge in [-0.05, 0) is 35.7 Å². The van der Waals surface area contributed by atoms with Crippen LogP contribution in [0.15, 0.2) is 47.2 Å². The molecule has 0 spiro atoms. The van der Waals surface area contributed by atoms with Gasteiger partial charge in [-0.2, -0.15) is 0 Å². The number of hydrogen-bond acceptors (Lipinski definition) is 6. The van der Waals surface area contributed by atoms with Gasteiger partial charge < -0.3 is 4.74 Å². The minimum atomic E-state index is -0.605. The molecule has 3 rings (SSSR count). The molecule has 0 aliphatic carbocycles. The minimum Gasteiger partial charge on any atom is -0.453 e. The van der Waals surface area contributed by atoms with Crippen LogP contribution in [-0.4, -0.2) is 23.3 Å². The van der Waals surface area contributed by atoms with E-state index in [9.17, 15) is 9.59 Å². The monoisotopic (exact) mass is 363 g/mol. The summed E-state index contributed by atoms with van der Waals surface area (Å²) in [5.41, 5.74) is 0.655. The van der Waals surface area contributed by atoms with Crippen molar-refractivity contribution in [2.45, 2.75) is 0 Å². The molecule has 0 atom stereocenters. The van der Waals surface area contributed by atoms with Crippen molar-refractivity contribution >= 4 is 46.0 Å². The first-order valence-corrected chi connectivity index (χ1v) is 8.72. The highest BCUT2D eigenvalue weighted by Crippen LogP contribution is 2.27. The fourth-order valence-electron chi connectivity index (χ4n) is 1.81. The lowest BCUT2D eigenvalue weighted by Crippen LogP contribution is -2.14. The number of thiazole rings is 1. The van der Waals surface area contributed by atoms with Gasteiger partial charge >= 0.3 is 5.97 Å². The third-order valence-corrected chi connectivity index (χ3v) is 5.08. The summed E-state index contributed by atoms with van der Waals surface area (Å²) < 4.78 is 5.03. The van der Waals surface area contributed by atoms with E-state index in [1.807, 2.05) is 17.5 Å². The zero-order chi connectivity index (χ0) is 16.2. The average Bonchev–Trinajstić information content (AvgIpc) is 3.23. The van der Waals surface area contributed by atoms with Crippen LogP contribution < -0.4 is 0 Å². The summed E-state index contributed by atoms with van der Waals surface area (Å²) >= 11 is 8.68. The first-order valence-electron chi connectivity index (χ1n) is 6.59. The molecule has 0 bridgehead atoms. The maximum absolute atomic E-state index is 12.0. The number of hydrogen-bond donors (Lipinski definition) is 0. The Balaban J connectivity index is 1.61. The average molecular weight is 364 g/mol. The molecule has 1 aromatic carbocycles. The van der Waals surface area contributed by atoms with E-state index in [1.54, 1.807) is 41.0 Å². The summed E-state index contributed by atoms with van der Waals surface area (Å²) in [6, 6.07) is 10.3. The van der Waals surface area contributed by atoms with Crippen molar-refractivity contribution in [3.8, 4) is 9.88 Å². The maximum Gasteiger partial charge on any atom is 0.358 e. The summed E-state index contributed by atoms with van der Waals surface area (Å²) in [5.74, 6) is -0.893. The highest BCUT2D eigenvalue weighted by molar-refractivity contribution is 7.20. The third kappa shape index (κ3) is 3.85. The Morgan fingerprint density at radius 1 is 1.13 bits per heavy atom. The van der Waals surface area contributed by atoms with Gasteiger partial charge in [-0.25, -0.2) is 9.78 Å². The second kappa shape index (κ2) is 7.04. The number of esters is 1. The summed E-state index contributed by atoms with van der Waals surface area (Å²) in [5, 5.41) is 4.88. The Kier molecular flexibility index (Phi) is 4.85. The maximum atomic E-state index is 12.0. The Bertz CT molecular complexity index is 825. The van der Waals surface area contributed by atoms with Crippen molar-refractivity contribution in [1.29, 1.82) is 0 Å². The molecule has 4 nitrogen and oxygen atoms in total. The van der Waals surface area contributed by atoms with E-state index in [0.717, 1.165) is 9.88 Å². The van der Waals surface area contributed by atoms with Crippen LogP contribution in [0.5, 0.6) is 0 Å². The Hall–Kier alpha value is -2.02. The van der Waals surface area contributed by atoms with Crippen LogP contribution in [0.4, 0.5) is 0 Å². The number of ketones is 1. The van der Waals surface area contributed by atoms with Gasteiger partial charge in [0.1, 0.15) is 5.01 Å². The van der Waals surface area contributed by atoms with Gasteiger partial charge in [0.2, 0.25) is 0 Å². The van der Waals surface area contributed by atoms with E-state index in [2.05, 4.69) is 4.98 Å². The second-order valence-corrected chi connectivity index (χ2v) is 6.76. The van der Waals surface area contributed by atoms with Gasteiger partial charge in [0, 0.05) is 16.0 Å². The molecule has 7 heteroatoms. The smallest absolute Gasteiger partial charge is 0.358 e. The van der Waals surface area contributed by atoms with E-state index in [1.165, 1.54) is 11.3 Å². The molecular weight excluding hydrogens is 354 g/mol. The molecule has 0 unspecified atom stereocenters. The first kappa shape index (κ1) is 15.9. The topological polar surface area (TPSA) is 56.3 Å². The molecule has 0 radical (unpaired) electrons. The number of carbonyl (C=O) groups excluding carboxylic acids is 2. The van der Waals surface area contributed by atoms with Crippen LogP contribution in [0.3, 0.4) is 0 Å². The van der Waals surface area contributed by atoms with Gasteiger partial charge in [0.25, 0.3) is 0 Å². The number of ether oxygens (including phenoxy) is 1. The zero-order valence-electron chi connectivity index (χ0n) is 11.7. The number of nitrogens with zero attached hydrogens (tertiary/aromatic N) is 1. The second-order valence-electron chi connectivity index (χ2n) is 4.52. The molecule has 2 heterocycles. The molecule has 0 amide bonds. The lowest BCUT2D eigenvalue weighted by atomic mass is 10.1. The molecule has 2 aromatic heterocycles. The van der Waals surface area contributed by atoms with Gasteiger partial charge in [-0.3, -0.25) is 4.79 Å². The number of benzene rings is 1. The SMILES string of the molecule is O=C(COC(=O)c1csc(-c2cccs2)n1)c1ccc(Cl)cc1. The minimum absolute atomic E-state index is 0.210. The van der Waals surface area contributed by atoms with Crippen LogP contribution in [0, 0.1) is 0 Å². The zero-order valence-corrected chi connectivity index (χ0v) is 14.1. The summed E-state index contributed by atoms with van der Waals surface area (Å²) in [6.45, 7) is -0.327. The summed E-state index contributed by atoms with van der Waals surface area (Å²) in [6.07, 6.45) is 0. The van der Waals surface area contributed by atoms with Gasteiger partial charge in [-0.1, -0.05) is 17.7 Å². The largest absolute Gasteiger partial charge is 0.453 e. The molecular formula is C16H10ClNO3S2. The number of aromatic nitrogens is 1. The highest BCUT2D eigenvalue weighted by atomic mass is 35.5. The fourth-order valence-corrected chi connectivity index (χ4v) is 3.53. The quantitative estimate of drug-likeness (QED) is 0.492. The first-order chi connectivity index (χ1) is 11.1. The molecule has 0 saturated heterocycles. The number of rotatable bonds is 5. The normalized spacial score (nSPS) is 10.5. The van der Waals surface area contributed by atoms with Crippen LogP contribution in [-0.2, 0) is 4.74 Å². The molecule has 0 aliphatic rings. The molecule has 0 N–H and O–H groups in total. The number of halogens is 1. The number of thiophene rings is 1. The predicted octanol–water partition coefficient (Wildman–Crippen LogP) is 4.56. The van der Waals surface area contributed by atoms with Crippen molar-refractivity contribution in [2.75, 3.05) is 6.61 Å². The van der Waals surface area contributed by atoms with E-state index in [4.69, 9.17) is 16.3 Å². The van der Waals surface area contributed by atoms with Crippen molar-refractivity contribution in [3.05, 3.63) is 63.4 Å². The molecule has 0 fully saturated rings. The van der Waals surface area contributed by atoms with Gasteiger partial charge in [0.15, 0.2) is 18.1 Å². The van der Waals surface area contributed by atoms with E-state index in [-0.39, 0.29) is 18.1 Å². The molecule has 3 aromatic rings. The molecule has 0 aliphatic heterocycles. The number of carbonyl (C=O) groups is 2. The molecule has 116 valence electrons. The van der Waals surface area contributed by atoms with Crippen molar-refractivity contribution in [2.24, 2.45) is 0 Å². The van der Waals surface area contributed by atoms with Gasteiger partial charge in [-0.15, -0.1) is 22.7 Å².